The zero-order chi connectivity index (χ0) is 12.9. The first-order valence-electron chi connectivity index (χ1n) is 4.96. The molecular weight excluding hydrogens is 265 g/mol. The largest absolute Gasteiger partial charge is 0.229 e. The van der Waals surface area contributed by atoms with E-state index in [-0.39, 0.29) is 34.9 Å². The van der Waals surface area contributed by atoms with Gasteiger partial charge < -0.3 is 0 Å². The predicted octanol–water partition coefficient (Wildman–Crippen LogP) is 2.35. The van der Waals surface area contributed by atoms with Gasteiger partial charge in [0, 0.05) is 17.0 Å². The van der Waals surface area contributed by atoms with E-state index in [1.807, 2.05) is 0 Å². The molecule has 0 N–H and O–H groups in total. The second-order valence-electron chi connectivity index (χ2n) is 3.51. The summed E-state index contributed by atoms with van der Waals surface area (Å²) in [6.07, 6.45) is -0.0212. The number of nitrogens with zero attached hydrogens (tertiary/aromatic N) is 1. The first-order valence-corrected chi connectivity index (χ1v) is 7.16. The van der Waals surface area contributed by atoms with Crippen LogP contribution in [0.25, 0.3) is 0 Å². The van der Waals surface area contributed by atoms with Crippen LogP contribution in [0.3, 0.4) is 0 Å². The van der Waals surface area contributed by atoms with Crippen LogP contribution >= 0.6 is 11.6 Å². The van der Waals surface area contributed by atoms with Crippen molar-refractivity contribution in [2.75, 3.05) is 11.5 Å². The number of hydrogen-bond acceptors (Lipinski definition) is 3. The van der Waals surface area contributed by atoms with E-state index in [1.54, 1.807) is 6.07 Å². The van der Waals surface area contributed by atoms with Crippen molar-refractivity contribution in [1.29, 1.82) is 5.26 Å². The maximum absolute atomic E-state index is 13.3. The number of rotatable bonds is 5. The van der Waals surface area contributed by atoms with Crippen LogP contribution in [0, 0.1) is 17.1 Å². The fourth-order valence-corrected chi connectivity index (χ4v) is 2.71. The summed E-state index contributed by atoms with van der Waals surface area (Å²) >= 11 is 5.78. The van der Waals surface area contributed by atoms with Crippen LogP contribution in [0.5, 0.6) is 0 Å². The van der Waals surface area contributed by atoms with Gasteiger partial charge in [-0.05, 0) is 18.6 Å². The molecule has 0 aromatic heterocycles. The zero-order valence-electron chi connectivity index (χ0n) is 8.99. The molecule has 0 heterocycles. The van der Waals surface area contributed by atoms with Crippen molar-refractivity contribution < 1.29 is 12.8 Å². The first-order chi connectivity index (χ1) is 7.96. The minimum Gasteiger partial charge on any atom is -0.229 e. The summed E-state index contributed by atoms with van der Waals surface area (Å²) in [5.74, 6) is -0.904. The lowest BCUT2D eigenvalue weighted by atomic mass is 10.1. The van der Waals surface area contributed by atoms with Crippen LogP contribution in [0.1, 0.15) is 12.0 Å². The van der Waals surface area contributed by atoms with Gasteiger partial charge in [-0.3, -0.25) is 0 Å². The molecule has 0 spiro atoms. The highest BCUT2D eigenvalue weighted by atomic mass is 35.5. The molecule has 1 aromatic carbocycles. The van der Waals surface area contributed by atoms with E-state index in [9.17, 15) is 12.8 Å². The minimum atomic E-state index is -3.32. The quantitative estimate of drug-likeness (QED) is 0.829. The normalized spacial score (nSPS) is 11.1. The van der Waals surface area contributed by atoms with Crippen molar-refractivity contribution in [1.82, 2.24) is 0 Å². The van der Waals surface area contributed by atoms with Gasteiger partial charge in [0.1, 0.15) is 5.82 Å². The van der Waals surface area contributed by atoms with Crippen molar-refractivity contribution in [3.63, 3.8) is 0 Å². The third-order valence-corrected chi connectivity index (χ3v) is 4.26. The Kier molecular flexibility index (Phi) is 4.91. The molecule has 0 bridgehead atoms. The lowest BCUT2D eigenvalue weighted by Gasteiger charge is -2.05. The van der Waals surface area contributed by atoms with Gasteiger partial charge in [-0.1, -0.05) is 17.7 Å². The number of benzene rings is 1. The molecule has 1 aromatic rings. The van der Waals surface area contributed by atoms with Crippen LogP contribution < -0.4 is 0 Å². The molecular formula is C11H11ClFNO2S. The van der Waals surface area contributed by atoms with Crippen molar-refractivity contribution in [3.8, 4) is 6.07 Å². The van der Waals surface area contributed by atoms with Crippen LogP contribution in [0.2, 0.25) is 5.02 Å². The molecule has 0 atom stereocenters. The van der Waals surface area contributed by atoms with Gasteiger partial charge in [0.25, 0.3) is 0 Å². The van der Waals surface area contributed by atoms with Gasteiger partial charge in [0.15, 0.2) is 9.84 Å². The van der Waals surface area contributed by atoms with E-state index in [1.165, 1.54) is 18.2 Å². The second kappa shape index (κ2) is 5.99. The van der Waals surface area contributed by atoms with E-state index in [4.69, 9.17) is 16.9 Å². The molecule has 0 saturated carbocycles. The average Bonchev–Trinajstić information content (AvgIpc) is 2.26. The molecule has 3 nitrogen and oxygen atoms in total. The SMILES string of the molecule is N#CCCS(=O)(=O)CCc1c(F)cccc1Cl. The summed E-state index contributed by atoms with van der Waals surface area (Å²) in [6.45, 7) is 0. The standard InChI is InChI=1S/C11H11ClFNO2S/c12-10-3-1-4-11(13)9(10)5-8-17(15,16)7-2-6-14/h1,3-4H,2,5,7-8H2. The van der Waals surface area contributed by atoms with Crippen molar-refractivity contribution in [2.24, 2.45) is 0 Å². The highest BCUT2D eigenvalue weighted by Gasteiger charge is 2.14. The highest BCUT2D eigenvalue weighted by Crippen LogP contribution is 2.19. The van der Waals surface area contributed by atoms with Gasteiger partial charge >= 0.3 is 0 Å². The molecule has 0 amide bonds. The topological polar surface area (TPSA) is 57.9 Å². The molecule has 1 rings (SSSR count). The third kappa shape index (κ3) is 4.33. The van der Waals surface area contributed by atoms with Crippen molar-refractivity contribution in [3.05, 3.63) is 34.6 Å². The Morgan fingerprint density at radius 1 is 1.35 bits per heavy atom. The first kappa shape index (κ1) is 13.9. The Bertz CT molecular complexity index is 517. The molecule has 0 aliphatic rings. The monoisotopic (exact) mass is 275 g/mol. The number of hydrogen-bond donors (Lipinski definition) is 0. The average molecular weight is 276 g/mol. The van der Waals surface area contributed by atoms with Gasteiger partial charge in [-0.25, -0.2) is 12.8 Å². The molecule has 92 valence electrons. The Labute approximate surface area is 105 Å². The third-order valence-electron chi connectivity index (χ3n) is 2.25. The Hall–Kier alpha value is -1.12. The fourth-order valence-electron chi connectivity index (χ4n) is 1.33. The van der Waals surface area contributed by atoms with E-state index in [2.05, 4.69) is 0 Å². The van der Waals surface area contributed by atoms with Gasteiger partial charge in [-0.15, -0.1) is 0 Å². The molecule has 0 aliphatic carbocycles. The summed E-state index contributed by atoms with van der Waals surface area (Å²) in [7, 11) is -3.32. The molecule has 0 radical (unpaired) electrons. The second-order valence-corrected chi connectivity index (χ2v) is 6.22. The molecule has 0 aliphatic heterocycles. The van der Waals surface area contributed by atoms with Crippen LogP contribution in [-0.4, -0.2) is 19.9 Å². The Morgan fingerprint density at radius 2 is 2.06 bits per heavy atom. The highest BCUT2D eigenvalue weighted by molar-refractivity contribution is 7.91. The lowest BCUT2D eigenvalue weighted by Crippen LogP contribution is -2.13. The summed E-state index contributed by atoms with van der Waals surface area (Å²) in [6, 6.07) is 5.98. The minimum absolute atomic E-state index is 0.0271. The summed E-state index contributed by atoms with van der Waals surface area (Å²) < 4.78 is 36.3. The smallest absolute Gasteiger partial charge is 0.151 e. The Morgan fingerprint density at radius 3 is 2.65 bits per heavy atom. The summed E-state index contributed by atoms with van der Waals surface area (Å²) in [5.41, 5.74) is 0.203. The Balaban J connectivity index is 2.71. The predicted molar refractivity (Wildman–Crippen MR) is 64.0 cm³/mol. The van der Waals surface area contributed by atoms with Crippen LogP contribution in [-0.2, 0) is 16.3 Å². The van der Waals surface area contributed by atoms with E-state index >= 15 is 0 Å². The fraction of sp³-hybridized carbons (Fsp3) is 0.364. The van der Waals surface area contributed by atoms with Gasteiger partial charge in [0.2, 0.25) is 0 Å². The maximum atomic E-state index is 13.3. The molecule has 0 fully saturated rings. The van der Waals surface area contributed by atoms with E-state index in [0.29, 0.717) is 0 Å². The number of sulfone groups is 1. The molecule has 6 heteroatoms. The zero-order valence-corrected chi connectivity index (χ0v) is 10.6. The maximum Gasteiger partial charge on any atom is 0.151 e. The molecule has 17 heavy (non-hydrogen) atoms. The van der Waals surface area contributed by atoms with E-state index in [0.717, 1.165) is 0 Å². The van der Waals surface area contributed by atoms with Gasteiger partial charge in [-0.2, -0.15) is 5.26 Å². The molecule has 0 saturated heterocycles. The number of halogens is 2. The van der Waals surface area contributed by atoms with Gasteiger partial charge in [0.05, 0.1) is 17.6 Å². The van der Waals surface area contributed by atoms with Crippen molar-refractivity contribution in [2.45, 2.75) is 12.8 Å². The molecule has 0 unspecified atom stereocenters. The lowest BCUT2D eigenvalue weighted by molar-refractivity contribution is 0.591. The van der Waals surface area contributed by atoms with E-state index < -0.39 is 15.7 Å². The van der Waals surface area contributed by atoms with Crippen LogP contribution in [0.15, 0.2) is 18.2 Å². The number of nitriles is 1. The summed E-state index contributed by atoms with van der Waals surface area (Å²) in [4.78, 5) is 0. The summed E-state index contributed by atoms with van der Waals surface area (Å²) in [5, 5.41) is 8.53. The van der Waals surface area contributed by atoms with Crippen LogP contribution in [0.4, 0.5) is 4.39 Å². The van der Waals surface area contributed by atoms with Crippen molar-refractivity contribution >= 4 is 21.4 Å².